The van der Waals surface area contributed by atoms with Crippen molar-refractivity contribution >= 4 is 56.6 Å². The van der Waals surface area contributed by atoms with Crippen molar-refractivity contribution in [2.45, 2.75) is 170 Å². The number of phosphoric acid groups is 5. The Labute approximate surface area is 635 Å². The molecule has 626 valence electrons. The molecule has 5 unspecified atom stereocenters. The number of nitrogens with zero attached hydrogens (tertiary/aromatic N) is 9. The van der Waals surface area contributed by atoms with Gasteiger partial charge in [-0.3, -0.25) is 102 Å². The summed E-state index contributed by atoms with van der Waals surface area (Å²) in [6.45, 7) is -2.15. The minimum atomic E-state index is -5.67. The van der Waals surface area contributed by atoms with Crippen LogP contribution in [0.25, 0.3) is 0 Å². The van der Waals surface area contributed by atoms with Crippen molar-refractivity contribution in [2.75, 3.05) is 56.8 Å². The van der Waals surface area contributed by atoms with Gasteiger partial charge in [-0.25, -0.2) is 51.6 Å². The molecule has 6 fully saturated rings. The second kappa shape index (κ2) is 34.5. The molecule has 0 aliphatic carbocycles. The van der Waals surface area contributed by atoms with Crippen molar-refractivity contribution in [1.82, 2.24) is 57.3 Å². The normalized spacial score (nSPS) is 30.4. The monoisotopic (exact) mass is 1720 g/mol. The van der Waals surface area contributed by atoms with Crippen LogP contribution in [-0.4, -0.2) is 205 Å². The number of aliphatic hydroxyl groups excluding tert-OH is 2. The van der Waals surface area contributed by atoms with E-state index < -0.39 is 266 Å². The van der Waals surface area contributed by atoms with E-state index in [0.717, 1.165) is 64.5 Å². The van der Waals surface area contributed by atoms with Crippen molar-refractivity contribution in [1.29, 1.82) is 0 Å². The molecule has 6 aliphatic rings. The van der Waals surface area contributed by atoms with E-state index >= 15 is 0 Å². The lowest BCUT2D eigenvalue weighted by Gasteiger charge is -2.26. The number of anilines is 3. The maximum Gasteiger partial charge on any atom is 0.472 e. The zero-order valence-corrected chi connectivity index (χ0v) is 63.9. The Morgan fingerprint density at radius 2 is 0.614 bits per heavy atom. The number of aryl methyl sites for hydroxylation is 3. The van der Waals surface area contributed by atoms with Gasteiger partial charge in [0.05, 0.1) is 45.7 Å². The first-order chi connectivity index (χ1) is 53.6. The first-order valence-electron chi connectivity index (χ1n) is 34.1. The van der Waals surface area contributed by atoms with Gasteiger partial charge in [-0.1, -0.05) is 0 Å². The average Bonchev–Trinajstić information content (AvgIpc) is 1.67. The largest absolute Gasteiger partial charge is 0.472 e. The molecule has 16 N–H and O–H groups in total. The van der Waals surface area contributed by atoms with Gasteiger partial charge in [0.25, 0.3) is 16.7 Å². The molecule has 0 radical (unpaired) electrons. The topological polar surface area (TPSA) is 722 Å². The maximum atomic E-state index is 14.3. The smallest absolute Gasteiger partial charge is 0.394 e. The molecular weight excluding hydrogens is 1640 g/mol. The number of aromatic nitrogens is 12. The highest BCUT2D eigenvalue weighted by atomic mass is 31.2. The molecule has 0 spiro atoms. The number of nitrogens with two attached hydrogens (primary N) is 3. The van der Waals surface area contributed by atoms with Crippen molar-refractivity contribution in [3.63, 3.8) is 0 Å². The molecule has 52 nitrogen and oxygen atoms in total. The van der Waals surface area contributed by atoms with Crippen LogP contribution in [0.4, 0.5) is 17.5 Å². The fourth-order valence-electron chi connectivity index (χ4n) is 12.9. The number of hydrogen-bond donors (Lipinski definition) is 13. The standard InChI is InChI=1S/C57H76N15O37P5/c1-25-16-70(55(81)64-49(25)75)46-11-29(34(19-73)99-46)105-111(86,87)95-23-38-32(14-47(103-38)71-17-26(2)50(76)65-56(71)82)109-114(92,93)98-24-39-33(15-48(104-39)72-18-27(3)51(77)66-57(72)83)108-113(90,91)97-22-37-31(13-45(102-37)69-9-6-42(60)63-54(69)80)107-112(88,89)96-21-36-30(12-44(101-36)68-8-5-41(59)62-53(68)79)106-110(84,85)94-20-35-28(74)10-43(100-35)67-7-4-40(58)61-52(67)78/h4-9,16-18,28-39,43-48,73-74H,10-15,19-24H2,1-3H3,(H,84,85)(H,86,87)(H,88,89)(H,90,91)(H,92,93)(H2,58,61,78)(H2,59,62,79)(H2,60,63,80)(H,64,75,81)(H,65,76,82)(H,66,77,83)/t28-,29-,30-,31-,32-,33-,34+,35+,36+,37+,38+,39+,43+,44+,45+,46+,47+,48+/m0/s1. The predicted octanol–water partition coefficient (Wildman–Crippen LogP) is -3.33. The van der Waals surface area contributed by atoms with E-state index in [1.807, 2.05) is 4.98 Å². The zero-order valence-electron chi connectivity index (χ0n) is 59.4. The minimum Gasteiger partial charge on any atom is -0.394 e. The molecule has 6 aromatic rings. The predicted molar refractivity (Wildman–Crippen MR) is 374 cm³/mol. The summed E-state index contributed by atoms with van der Waals surface area (Å²) in [6.07, 6.45) is -24.3. The van der Waals surface area contributed by atoms with Gasteiger partial charge in [0.15, 0.2) is 0 Å². The van der Waals surface area contributed by atoms with Crippen molar-refractivity contribution < 1.29 is 131 Å². The Morgan fingerprint density at radius 1 is 0.386 bits per heavy atom. The van der Waals surface area contributed by atoms with E-state index in [4.69, 9.17) is 90.9 Å². The number of nitrogen functional groups attached to an aromatic ring is 3. The first-order valence-corrected chi connectivity index (χ1v) is 41.6. The Kier molecular flexibility index (Phi) is 25.9. The second-order valence-corrected chi connectivity index (χ2v) is 33.6. The molecule has 0 bridgehead atoms. The molecule has 6 saturated heterocycles. The summed E-state index contributed by atoms with van der Waals surface area (Å²) >= 11 is 0. The molecule has 0 amide bonds. The van der Waals surface area contributed by atoms with Gasteiger partial charge in [0.1, 0.15) is 122 Å². The molecule has 6 aromatic heterocycles. The third-order valence-corrected chi connectivity index (χ3v) is 23.6. The van der Waals surface area contributed by atoms with Gasteiger partial charge in [-0.05, 0) is 39.0 Å². The van der Waals surface area contributed by atoms with Crippen LogP contribution in [0, 0.1) is 20.8 Å². The van der Waals surface area contributed by atoms with Gasteiger partial charge in [-0.15, -0.1) is 0 Å². The van der Waals surface area contributed by atoms with E-state index in [-0.39, 0.29) is 47.0 Å². The number of phosphoric ester groups is 5. The summed E-state index contributed by atoms with van der Waals surface area (Å²) in [5.41, 5.74) is 8.69. The van der Waals surface area contributed by atoms with Crippen LogP contribution in [0.15, 0.2) is 98.5 Å². The summed E-state index contributed by atoms with van der Waals surface area (Å²) in [7, 11) is -27.5. The number of nitrogens with one attached hydrogen (secondary N) is 3. The van der Waals surface area contributed by atoms with Crippen LogP contribution in [0.2, 0.25) is 0 Å². The van der Waals surface area contributed by atoms with Gasteiger partial charge >= 0.3 is 73.3 Å². The van der Waals surface area contributed by atoms with Crippen LogP contribution < -0.4 is 68.0 Å². The summed E-state index contributed by atoms with van der Waals surface area (Å²) in [6, 6.07) is 3.65. The third-order valence-electron chi connectivity index (χ3n) is 18.5. The highest BCUT2D eigenvalue weighted by Gasteiger charge is 2.51. The molecule has 23 atom stereocenters. The molecule has 6 aliphatic heterocycles. The SMILES string of the molecule is Cc1cn([C@H]2C[C@H](OP(=O)(O)OC[C@H]3O[C@@H](n4cc(C)c(=O)[nH]c4=O)C[C@@H]3OP(=O)(O)OC[C@H]3O[C@@H](n4cc(C)c(=O)[nH]c4=O)C[C@@H]3OP(=O)(O)OC[C@H]3O[C@@H](n4ccc(N)nc4=O)C[C@@H]3OP(=O)(O)OC[C@H]3O[C@@H](n4ccc(N)nc4=O)C[C@@H]3OP(=O)(O)OC[C@H]3O[C@@H](n4ccc(N)nc4=O)C[C@@H]3O)[C@@H](CO)O2)c(=O)[nH]c1=O. The van der Waals surface area contributed by atoms with Crippen molar-refractivity contribution in [3.05, 3.63) is 166 Å². The van der Waals surface area contributed by atoms with Crippen molar-refractivity contribution in [2.24, 2.45) is 0 Å². The van der Waals surface area contributed by atoms with Gasteiger partial charge in [0.2, 0.25) is 0 Å². The van der Waals surface area contributed by atoms with Crippen LogP contribution >= 0.6 is 39.1 Å². The van der Waals surface area contributed by atoms with E-state index in [1.165, 1.54) is 39.1 Å². The van der Waals surface area contributed by atoms with Gasteiger partial charge in [0, 0.05) is 92.4 Å². The lowest BCUT2D eigenvalue weighted by atomic mass is 10.2. The number of hydrogen-bond acceptors (Lipinski definition) is 38. The zero-order chi connectivity index (χ0) is 82.4. The summed E-state index contributed by atoms with van der Waals surface area (Å²) < 4.78 is 165. The minimum absolute atomic E-state index is 0.0274. The van der Waals surface area contributed by atoms with Gasteiger partial charge < -0.3 is 80.3 Å². The van der Waals surface area contributed by atoms with E-state index in [1.54, 1.807) is 0 Å². The second-order valence-electron chi connectivity index (χ2n) is 26.5. The lowest BCUT2D eigenvalue weighted by Crippen LogP contribution is -2.33. The molecule has 57 heteroatoms. The fourth-order valence-corrected chi connectivity index (χ4v) is 17.7. The van der Waals surface area contributed by atoms with Crippen molar-refractivity contribution in [3.8, 4) is 0 Å². The summed E-state index contributed by atoms with van der Waals surface area (Å²) in [5.74, 6) is -0.569. The number of aromatic amines is 3. The number of H-pyrrole nitrogens is 3. The third kappa shape index (κ3) is 20.6. The van der Waals surface area contributed by atoms with E-state index in [2.05, 4.69) is 24.9 Å². The average molecular weight is 1720 g/mol. The first kappa shape index (κ1) is 85.7. The van der Waals surface area contributed by atoms with Crippen LogP contribution in [0.5, 0.6) is 0 Å². The molecule has 0 saturated carbocycles. The summed E-state index contributed by atoms with van der Waals surface area (Å²) in [5, 5.41) is 20.9. The maximum absolute atomic E-state index is 14.3. The fraction of sp³-hybridized carbons (Fsp3) is 0.579. The number of ether oxygens (including phenoxy) is 6. The van der Waals surface area contributed by atoms with Gasteiger partial charge in [-0.2, -0.15) is 15.0 Å². The molecule has 12 rings (SSSR count). The Morgan fingerprint density at radius 3 is 0.877 bits per heavy atom. The molecule has 0 aromatic carbocycles. The molecule has 12 heterocycles. The Bertz CT molecular complexity index is 5400. The number of rotatable bonds is 32. The molecular formula is C57H76N15O37P5. The Balaban J connectivity index is 0.729. The Hall–Kier alpha value is -7.69. The highest BCUT2D eigenvalue weighted by molar-refractivity contribution is 7.48. The highest BCUT2D eigenvalue weighted by Crippen LogP contribution is 2.56. The molecule has 114 heavy (non-hydrogen) atoms. The lowest BCUT2D eigenvalue weighted by molar-refractivity contribution is -0.0657. The van der Waals surface area contributed by atoms with Crippen LogP contribution in [-0.2, 0) is 96.5 Å². The van der Waals surface area contributed by atoms with E-state index in [9.17, 15) is 101 Å². The van der Waals surface area contributed by atoms with E-state index in [0.29, 0.717) is 0 Å². The quantitative estimate of drug-likeness (QED) is 0.0184. The van der Waals surface area contributed by atoms with Crippen LogP contribution in [0.3, 0.4) is 0 Å². The summed E-state index contributed by atoms with van der Waals surface area (Å²) in [4.78, 5) is 188. The van der Waals surface area contributed by atoms with Crippen LogP contribution in [0.1, 0.15) is 92.6 Å². The number of aliphatic hydroxyl groups is 2.